The molecule has 0 saturated heterocycles. The van der Waals surface area contributed by atoms with Crippen molar-refractivity contribution in [3.05, 3.63) is 163 Å². The summed E-state index contributed by atoms with van der Waals surface area (Å²) in [5.41, 5.74) is 8.92. The summed E-state index contributed by atoms with van der Waals surface area (Å²) >= 11 is 0. The van der Waals surface area contributed by atoms with Crippen LogP contribution in [0.4, 0.5) is 0 Å². The molecule has 0 fully saturated rings. The Morgan fingerprint density at radius 1 is 0.520 bits per heavy atom. The number of para-hydroxylation sites is 2. The maximum atomic E-state index is 10.9. The lowest BCUT2D eigenvalue weighted by atomic mass is 9.95. The number of furan rings is 1. The zero-order valence-corrected chi connectivity index (χ0v) is 26.7. The smallest absolute Gasteiger partial charge is 0.160 e. The minimum absolute atomic E-state index is 0.417. The van der Waals surface area contributed by atoms with Crippen LogP contribution in [0.1, 0.15) is 5.56 Å². The lowest BCUT2D eigenvalue weighted by Gasteiger charge is -2.13. The van der Waals surface area contributed by atoms with Crippen LogP contribution in [0.15, 0.2) is 162 Å². The summed E-state index contributed by atoms with van der Waals surface area (Å²) in [6, 6.07) is 56.1. The lowest BCUT2D eigenvalue weighted by molar-refractivity contribution is 0.669. The molecular weight excluding hydrogens is 613 g/mol. The minimum atomic E-state index is 0.417. The molecule has 0 unspecified atom stereocenters. The topological polar surface area (TPSA) is 67.6 Å². The van der Waals surface area contributed by atoms with Crippen LogP contribution in [0.5, 0.6) is 0 Å². The summed E-state index contributed by atoms with van der Waals surface area (Å²) in [6.45, 7) is 0. The van der Waals surface area contributed by atoms with Gasteiger partial charge in [0.05, 0.1) is 22.4 Å². The first kappa shape index (κ1) is 28.0. The van der Waals surface area contributed by atoms with Gasteiger partial charge in [-0.1, -0.05) is 115 Å². The molecule has 0 aliphatic carbocycles. The molecule has 7 aromatic carbocycles. The van der Waals surface area contributed by atoms with Gasteiger partial charge in [-0.2, -0.15) is 5.26 Å². The number of nitriles is 1. The fourth-order valence-electron chi connectivity index (χ4n) is 7.44. The average Bonchev–Trinajstić information content (AvgIpc) is 3.73. The van der Waals surface area contributed by atoms with E-state index in [2.05, 4.69) is 102 Å². The normalized spacial score (nSPS) is 11.6. The van der Waals surface area contributed by atoms with Crippen molar-refractivity contribution in [2.75, 3.05) is 0 Å². The molecule has 50 heavy (non-hydrogen) atoms. The first-order valence-electron chi connectivity index (χ1n) is 16.6. The molecule has 0 aliphatic rings. The second kappa shape index (κ2) is 11.0. The Hall–Kier alpha value is -7.03. The second-order valence-corrected chi connectivity index (χ2v) is 12.5. The quantitative estimate of drug-likeness (QED) is 0.192. The maximum Gasteiger partial charge on any atom is 0.160 e. The molecule has 10 aromatic rings. The summed E-state index contributed by atoms with van der Waals surface area (Å²) in [5, 5.41) is 17.3. The molecule has 0 bridgehead atoms. The molecule has 5 heteroatoms. The Kier molecular flexibility index (Phi) is 6.17. The molecule has 0 radical (unpaired) electrons. The van der Waals surface area contributed by atoms with Gasteiger partial charge >= 0.3 is 0 Å². The summed E-state index contributed by atoms with van der Waals surface area (Å²) in [7, 11) is 0. The molecule has 0 aliphatic heterocycles. The summed E-state index contributed by atoms with van der Waals surface area (Å²) in [5.74, 6) is 0.554. The number of fused-ring (bicyclic) bond motifs is 8. The third kappa shape index (κ3) is 4.19. The van der Waals surface area contributed by atoms with E-state index in [-0.39, 0.29) is 0 Å². The van der Waals surface area contributed by atoms with E-state index < -0.39 is 0 Å². The minimum Gasteiger partial charge on any atom is -0.456 e. The van der Waals surface area contributed by atoms with E-state index in [1.807, 2.05) is 66.7 Å². The Balaban J connectivity index is 1.33. The highest BCUT2D eigenvalue weighted by molar-refractivity contribution is 6.29. The number of benzene rings is 7. The van der Waals surface area contributed by atoms with Crippen molar-refractivity contribution in [2.24, 2.45) is 0 Å². The molecule has 0 saturated carbocycles. The average molecular weight is 639 g/mol. The van der Waals surface area contributed by atoms with Crippen LogP contribution >= 0.6 is 0 Å². The van der Waals surface area contributed by atoms with Crippen molar-refractivity contribution < 1.29 is 4.42 Å². The van der Waals surface area contributed by atoms with Crippen LogP contribution in [0.25, 0.3) is 94.1 Å². The van der Waals surface area contributed by atoms with Crippen molar-refractivity contribution in [1.82, 2.24) is 14.5 Å². The molecule has 0 atom stereocenters. The van der Waals surface area contributed by atoms with Crippen molar-refractivity contribution in [2.45, 2.75) is 0 Å². The van der Waals surface area contributed by atoms with Crippen molar-refractivity contribution in [3.63, 3.8) is 0 Å². The lowest BCUT2D eigenvalue weighted by Crippen LogP contribution is -2.01. The molecular formula is C45H26N4O. The molecule has 3 aromatic heterocycles. The molecule has 5 nitrogen and oxygen atoms in total. The molecule has 232 valence electrons. The van der Waals surface area contributed by atoms with E-state index in [0.717, 1.165) is 76.9 Å². The van der Waals surface area contributed by atoms with Gasteiger partial charge in [0.15, 0.2) is 5.82 Å². The third-order valence-corrected chi connectivity index (χ3v) is 9.64. The fraction of sp³-hybridized carbons (Fsp3) is 0. The van der Waals surface area contributed by atoms with Crippen molar-refractivity contribution in [1.29, 1.82) is 5.26 Å². The Morgan fingerprint density at radius 2 is 1.24 bits per heavy atom. The predicted molar refractivity (Wildman–Crippen MR) is 202 cm³/mol. The van der Waals surface area contributed by atoms with E-state index in [9.17, 15) is 5.26 Å². The van der Waals surface area contributed by atoms with E-state index in [0.29, 0.717) is 22.8 Å². The van der Waals surface area contributed by atoms with E-state index in [1.165, 1.54) is 0 Å². The predicted octanol–water partition coefficient (Wildman–Crippen LogP) is 11.5. The zero-order valence-electron chi connectivity index (χ0n) is 26.7. The van der Waals surface area contributed by atoms with E-state index in [4.69, 9.17) is 14.4 Å². The highest BCUT2D eigenvalue weighted by atomic mass is 16.3. The Morgan fingerprint density at radius 3 is 2.08 bits per heavy atom. The van der Waals surface area contributed by atoms with Crippen LogP contribution in [0, 0.1) is 11.3 Å². The zero-order chi connectivity index (χ0) is 33.2. The monoisotopic (exact) mass is 638 g/mol. The summed E-state index contributed by atoms with van der Waals surface area (Å²) < 4.78 is 8.91. The van der Waals surface area contributed by atoms with Gasteiger partial charge in [-0.25, -0.2) is 9.97 Å². The number of rotatable bonds is 4. The van der Waals surface area contributed by atoms with Gasteiger partial charge in [-0.3, -0.25) is 0 Å². The fourth-order valence-corrected chi connectivity index (χ4v) is 7.44. The largest absolute Gasteiger partial charge is 0.456 e. The van der Waals surface area contributed by atoms with Gasteiger partial charge in [-0.05, 0) is 53.2 Å². The van der Waals surface area contributed by atoms with Crippen LogP contribution in [-0.4, -0.2) is 14.5 Å². The molecule has 0 amide bonds. The maximum absolute atomic E-state index is 10.9. The molecule has 0 spiro atoms. The number of hydrogen-bond acceptors (Lipinski definition) is 4. The van der Waals surface area contributed by atoms with Crippen LogP contribution in [-0.2, 0) is 0 Å². The van der Waals surface area contributed by atoms with Crippen LogP contribution in [0.3, 0.4) is 0 Å². The van der Waals surface area contributed by atoms with Crippen LogP contribution < -0.4 is 0 Å². The summed E-state index contributed by atoms with van der Waals surface area (Å²) in [6.07, 6.45) is 0. The van der Waals surface area contributed by atoms with Gasteiger partial charge in [0, 0.05) is 43.9 Å². The Labute approximate surface area is 286 Å². The van der Waals surface area contributed by atoms with Gasteiger partial charge < -0.3 is 8.98 Å². The highest BCUT2D eigenvalue weighted by Gasteiger charge is 2.24. The number of aromatic nitrogens is 3. The summed E-state index contributed by atoms with van der Waals surface area (Å²) in [4.78, 5) is 10.3. The van der Waals surface area contributed by atoms with Crippen molar-refractivity contribution >= 4 is 54.5 Å². The SMILES string of the molecule is N#Cc1c(-c2ccc3ccccc3c2)nc(-c2ccccc2)nc1-c1cccc2oc3ccc4c(c5ccccc5n4-c4ccccc4)c3c12. The van der Waals surface area contributed by atoms with E-state index >= 15 is 0 Å². The van der Waals surface area contributed by atoms with Crippen LogP contribution in [0.2, 0.25) is 0 Å². The number of hydrogen-bond donors (Lipinski definition) is 0. The van der Waals surface area contributed by atoms with Gasteiger partial charge in [-0.15, -0.1) is 0 Å². The second-order valence-electron chi connectivity index (χ2n) is 12.5. The molecule has 10 rings (SSSR count). The van der Waals surface area contributed by atoms with Crippen molar-refractivity contribution in [3.8, 4) is 45.7 Å². The molecule has 0 N–H and O–H groups in total. The Bertz CT molecular complexity index is 2990. The van der Waals surface area contributed by atoms with Gasteiger partial charge in [0.25, 0.3) is 0 Å². The first-order valence-corrected chi connectivity index (χ1v) is 16.6. The highest BCUT2D eigenvalue weighted by Crippen LogP contribution is 2.45. The molecule has 3 heterocycles. The van der Waals surface area contributed by atoms with Gasteiger partial charge in [0.1, 0.15) is 22.8 Å². The third-order valence-electron chi connectivity index (χ3n) is 9.64. The number of nitrogens with zero attached hydrogens (tertiary/aromatic N) is 4. The standard InChI is InChI=1S/C45H26N4O/c46-27-35-43(31-23-22-28-12-7-8-15-30(28)26-31)47-45(29-13-3-1-4-14-29)48-44(35)34-19-11-21-38-41(34)42-39(50-38)25-24-37-40(42)33-18-9-10-20-36(33)49(37)32-16-5-2-6-17-32/h1-26H. The van der Waals surface area contributed by atoms with Gasteiger partial charge in [0.2, 0.25) is 0 Å². The first-order chi connectivity index (χ1) is 24.8. The van der Waals surface area contributed by atoms with E-state index in [1.54, 1.807) is 0 Å².